The van der Waals surface area contributed by atoms with Crippen molar-refractivity contribution < 1.29 is 23.1 Å². The fourth-order valence-electron chi connectivity index (χ4n) is 1.09. The van der Waals surface area contributed by atoms with Gasteiger partial charge in [-0.3, -0.25) is 0 Å². The molecule has 0 spiro atoms. The normalized spacial score (nSPS) is 11.2. The lowest BCUT2D eigenvalue weighted by atomic mass is 10.3. The van der Waals surface area contributed by atoms with E-state index in [1.54, 1.807) is 0 Å². The maximum atomic E-state index is 13.0. The first-order chi connectivity index (χ1) is 7.38. The molecule has 16 heavy (non-hydrogen) atoms. The van der Waals surface area contributed by atoms with Crippen LogP contribution in [0.2, 0.25) is 5.02 Å². The molecule has 0 atom stereocenters. The molecule has 0 aromatic heterocycles. The van der Waals surface area contributed by atoms with Crippen LogP contribution in [0.4, 0.5) is 23.7 Å². The number of carboxylic acid groups (broad SMARTS) is 1. The highest BCUT2D eigenvalue weighted by molar-refractivity contribution is 6.30. The third kappa shape index (κ3) is 2.57. The Morgan fingerprint density at radius 3 is 2.25 bits per heavy atom. The van der Waals surface area contributed by atoms with E-state index >= 15 is 0 Å². The number of carbonyl (C=O) groups is 1. The van der Waals surface area contributed by atoms with Crippen molar-refractivity contribution >= 4 is 23.4 Å². The molecule has 0 saturated carbocycles. The van der Waals surface area contributed by atoms with Crippen LogP contribution in [0.5, 0.6) is 0 Å². The summed E-state index contributed by atoms with van der Waals surface area (Å²) in [6.45, 7) is -2.10. The first-order valence-corrected chi connectivity index (χ1v) is 4.49. The van der Waals surface area contributed by atoms with Crippen LogP contribution in [0, 0.1) is 0 Å². The van der Waals surface area contributed by atoms with E-state index in [1.807, 2.05) is 0 Å². The number of amides is 1. The Bertz CT molecular complexity index is 383. The summed E-state index contributed by atoms with van der Waals surface area (Å²) < 4.78 is 38.0. The second kappa shape index (κ2) is 4.61. The molecular formula is C9H7ClF3NO2. The molecule has 0 aliphatic heterocycles. The van der Waals surface area contributed by atoms with Gasteiger partial charge in [0.05, 0.1) is 5.69 Å². The van der Waals surface area contributed by atoms with Crippen LogP contribution in [0.15, 0.2) is 24.3 Å². The molecule has 1 aromatic carbocycles. The summed E-state index contributed by atoms with van der Waals surface area (Å²) in [5.74, 6) is 0. The highest BCUT2D eigenvalue weighted by atomic mass is 35.5. The molecule has 7 heteroatoms. The van der Waals surface area contributed by atoms with Gasteiger partial charge >= 0.3 is 12.1 Å². The molecule has 1 aromatic rings. The summed E-state index contributed by atoms with van der Waals surface area (Å²) in [6, 6.07) is 0.516. The average Bonchev–Trinajstić information content (AvgIpc) is 2.20. The maximum absolute atomic E-state index is 13.0. The van der Waals surface area contributed by atoms with Gasteiger partial charge in [0.2, 0.25) is 0 Å². The van der Waals surface area contributed by atoms with Crippen molar-refractivity contribution in [2.45, 2.75) is 6.05 Å². The minimum Gasteiger partial charge on any atom is -0.465 e. The molecular weight excluding hydrogens is 247 g/mol. The van der Waals surface area contributed by atoms with E-state index in [1.165, 1.54) is 12.1 Å². The summed E-state index contributed by atoms with van der Waals surface area (Å²) in [7, 11) is 0. The third-order valence-electron chi connectivity index (χ3n) is 1.76. The number of rotatable bonds is 3. The van der Waals surface area contributed by atoms with E-state index in [9.17, 15) is 18.0 Å². The van der Waals surface area contributed by atoms with Crippen LogP contribution < -0.4 is 4.90 Å². The molecule has 0 radical (unpaired) electrons. The van der Waals surface area contributed by atoms with E-state index in [0.29, 0.717) is 0 Å². The molecule has 3 nitrogen and oxygen atoms in total. The third-order valence-corrected chi connectivity index (χ3v) is 2.02. The van der Waals surface area contributed by atoms with Gasteiger partial charge in [0, 0.05) is 5.02 Å². The van der Waals surface area contributed by atoms with Gasteiger partial charge in [-0.1, -0.05) is 11.6 Å². The zero-order chi connectivity index (χ0) is 12.3. The van der Waals surface area contributed by atoms with Gasteiger partial charge < -0.3 is 5.11 Å². The smallest absolute Gasteiger partial charge is 0.416 e. The molecule has 0 aliphatic rings. The summed E-state index contributed by atoms with van der Waals surface area (Å²) in [5, 5.41) is 8.87. The predicted octanol–water partition coefficient (Wildman–Crippen LogP) is 3.39. The Labute approximate surface area is 94.0 Å². The second-order valence-corrected chi connectivity index (χ2v) is 3.33. The van der Waals surface area contributed by atoms with Gasteiger partial charge in [0.25, 0.3) is 0 Å². The molecule has 0 unspecified atom stereocenters. The largest absolute Gasteiger partial charge is 0.465 e. The van der Waals surface area contributed by atoms with Crippen molar-refractivity contribution in [2.75, 3.05) is 11.6 Å². The van der Waals surface area contributed by atoms with Crippen molar-refractivity contribution in [1.29, 1.82) is 0 Å². The maximum Gasteiger partial charge on any atom is 0.416 e. The number of hydrogen-bond acceptors (Lipinski definition) is 1. The van der Waals surface area contributed by atoms with Crippen molar-refractivity contribution in [3.8, 4) is 0 Å². The Hall–Kier alpha value is -1.43. The van der Waals surface area contributed by atoms with Crippen LogP contribution in [0.3, 0.4) is 0 Å². The molecule has 0 heterocycles. The summed E-state index contributed by atoms with van der Waals surface area (Å²) >= 11 is 5.52. The zero-order valence-electron chi connectivity index (χ0n) is 7.83. The fraction of sp³-hybridized carbons (Fsp3) is 0.222. The monoisotopic (exact) mass is 253 g/mol. The zero-order valence-corrected chi connectivity index (χ0v) is 8.59. The highest BCUT2D eigenvalue weighted by Gasteiger charge is 2.42. The molecule has 0 aliphatic carbocycles. The lowest BCUT2D eigenvalue weighted by Crippen LogP contribution is -2.47. The van der Waals surface area contributed by atoms with Gasteiger partial charge in [-0.05, 0) is 24.3 Å². The van der Waals surface area contributed by atoms with E-state index in [2.05, 4.69) is 0 Å². The molecule has 1 amide bonds. The number of halogens is 4. The Balaban J connectivity index is 3.13. The number of hydrogen-bond donors (Lipinski definition) is 1. The molecule has 0 saturated heterocycles. The van der Waals surface area contributed by atoms with E-state index in [-0.39, 0.29) is 15.6 Å². The topological polar surface area (TPSA) is 40.5 Å². The van der Waals surface area contributed by atoms with Crippen molar-refractivity contribution in [1.82, 2.24) is 0 Å². The standard InChI is InChI=1S/C9H7ClF3NO2/c10-6-1-3-7(4-2-6)14(8(15)16)9(12,13)5-11/h1-4H,5H2,(H,15,16). The van der Waals surface area contributed by atoms with Crippen molar-refractivity contribution in [3.63, 3.8) is 0 Å². The Morgan fingerprint density at radius 2 is 1.88 bits per heavy atom. The average molecular weight is 254 g/mol. The van der Waals surface area contributed by atoms with Gasteiger partial charge in [0.15, 0.2) is 6.67 Å². The first kappa shape index (κ1) is 12.6. The van der Waals surface area contributed by atoms with Crippen LogP contribution in [0.25, 0.3) is 0 Å². The number of anilines is 1. The number of nitrogens with zero attached hydrogens (tertiary/aromatic N) is 1. The van der Waals surface area contributed by atoms with Crippen LogP contribution in [0.1, 0.15) is 0 Å². The lowest BCUT2D eigenvalue weighted by Gasteiger charge is -2.26. The van der Waals surface area contributed by atoms with Gasteiger partial charge in [-0.15, -0.1) is 0 Å². The van der Waals surface area contributed by atoms with E-state index in [0.717, 1.165) is 12.1 Å². The fourth-order valence-corrected chi connectivity index (χ4v) is 1.22. The SMILES string of the molecule is O=C(O)N(c1ccc(Cl)cc1)C(F)(F)CF. The van der Waals surface area contributed by atoms with Crippen LogP contribution in [-0.2, 0) is 0 Å². The molecule has 0 fully saturated rings. The van der Waals surface area contributed by atoms with Crippen LogP contribution in [-0.4, -0.2) is 23.9 Å². The Morgan fingerprint density at radius 1 is 1.38 bits per heavy atom. The molecule has 1 rings (SSSR count). The predicted molar refractivity (Wildman–Crippen MR) is 52.9 cm³/mol. The summed E-state index contributed by atoms with van der Waals surface area (Å²) in [5.41, 5.74) is -0.348. The lowest BCUT2D eigenvalue weighted by molar-refractivity contribution is -0.0213. The first-order valence-electron chi connectivity index (χ1n) is 4.11. The second-order valence-electron chi connectivity index (χ2n) is 2.89. The van der Waals surface area contributed by atoms with Crippen molar-refractivity contribution in [2.24, 2.45) is 0 Å². The van der Waals surface area contributed by atoms with Gasteiger partial charge in [-0.25, -0.2) is 14.1 Å². The van der Waals surface area contributed by atoms with E-state index in [4.69, 9.17) is 16.7 Å². The van der Waals surface area contributed by atoms with Gasteiger partial charge in [-0.2, -0.15) is 8.78 Å². The van der Waals surface area contributed by atoms with Crippen molar-refractivity contribution in [3.05, 3.63) is 29.3 Å². The molecule has 0 bridgehead atoms. The number of alkyl halides is 3. The highest BCUT2D eigenvalue weighted by Crippen LogP contribution is 2.28. The summed E-state index contributed by atoms with van der Waals surface area (Å²) in [4.78, 5) is 10.3. The minimum absolute atomic E-state index is 0.262. The quantitative estimate of drug-likeness (QED) is 0.839. The number of benzene rings is 1. The minimum atomic E-state index is -4.10. The molecule has 1 N–H and O–H groups in total. The van der Waals surface area contributed by atoms with Gasteiger partial charge in [0.1, 0.15) is 0 Å². The Kier molecular flexibility index (Phi) is 3.64. The molecule has 88 valence electrons. The van der Waals surface area contributed by atoms with Crippen LogP contribution >= 0.6 is 11.6 Å². The summed E-state index contributed by atoms with van der Waals surface area (Å²) in [6.07, 6.45) is -1.94. The van der Waals surface area contributed by atoms with E-state index < -0.39 is 18.8 Å².